The van der Waals surface area contributed by atoms with Crippen LogP contribution in [0.25, 0.3) is 0 Å². The summed E-state index contributed by atoms with van der Waals surface area (Å²) in [5.41, 5.74) is 0. The lowest BCUT2D eigenvalue weighted by atomic mass is 10.5. The Kier molecular flexibility index (Phi) is 7.63. The number of rotatable bonds is 1. The number of carbonyl (C=O) groups excluding carboxylic acids is 1. The van der Waals surface area contributed by atoms with E-state index in [4.69, 9.17) is 0 Å². The molecular weight excluding hydrogens is 115 g/mol. The van der Waals surface area contributed by atoms with Crippen molar-refractivity contribution >= 4 is 5.97 Å². The molecular formula is C4H5ClO2-2. The lowest BCUT2D eigenvalue weighted by Gasteiger charge is -1.83. The summed E-state index contributed by atoms with van der Waals surface area (Å²) in [5.74, 6) is -1.14. The number of carboxylic acids is 1. The summed E-state index contributed by atoms with van der Waals surface area (Å²) in [6.07, 6.45) is 2.38. The summed E-state index contributed by atoms with van der Waals surface area (Å²) in [7, 11) is 0. The van der Waals surface area contributed by atoms with E-state index in [0.29, 0.717) is 0 Å². The minimum absolute atomic E-state index is 0. The van der Waals surface area contributed by atoms with Crippen LogP contribution in [-0.2, 0) is 4.79 Å². The van der Waals surface area contributed by atoms with Crippen LogP contribution in [-0.4, -0.2) is 5.97 Å². The molecule has 0 heterocycles. The van der Waals surface area contributed by atoms with Gasteiger partial charge in [0.2, 0.25) is 0 Å². The molecule has 0 N–H and O–H groups in total. The maximum atomic E-state index is 9.40. The van der Waals surface area contributed by atoms with E-state index in [1.165, 1.54) is 6.08 Å². The van der Waals surface area contributed by atoms with E-state index >= 15 is 0 Å². The van der Waals surface area contributed by atoms with Crippen molar-refractivity contribution in [2.24, 2.45) is 0 Å². The largest absolute Gasteiger partial charge is 1.00 e. The predicted molar refractivity (Wildman–Crippen MR) is 19.8 cm³/mol. The van der Waals surface area contributed by atoms with E-state index in [9.17, 15) is 9.90 Å². The summed E-state index contributed by atoms with van der Waals surface area (Å²) in [6.45, 7) is 1.62. The fourth-order valence-corrected chi connectivity index (χ4v) is 0.136. The fraction of sp³-hybridized carbons (Fsp3) is 0.250. The lowest BCUT2D eigenvalue weighted by molar-refractivity contribution is -0.297. The summed E-state index contributed by atoms with van der Waals surface area (Å²) >= 11 is 0. The Labute approximate surface area is 48.3 Å². The minimum Gasteiger partial charge on any atom is -1.00 e. The molecule has 0 spiro atoms. The number of hydrogen-bond donors (Lipinski definition) is 0. The Bertz CT molecular complexity index is 77.8. The SMILES string of the molecule is C/C=C/C(=O)[O-].[Cl-]. The molecule has 3 heteroatoms. The van der Waals surface area contributed by atoms with Gasteiger partial charge in [-0.1, -0.05) is 6.08 Å². The van der Waals surface area contributed by atoms with Crippen molar-refractivity contribution in [2.75, 3.05) is 0 Å². The van der Waals surface area contributed by atoms with E-state index in [1.54, 1.807) is 6.92 Å². The highest BCUT2D eigenvalue weighted by Gasteiger charge is 1.61. The van der Waals surface area contributed by atoms with Crippen LogP contribution in [0.15, 0.2) is 12.2 Å². The van der Waals surface area contributed by atoms with Crippen LogP contribution >= 0.6 is 0 Å². The standard InChI is InChI=1S/C4H6O2.ClH/c1-2-3-4(5)6;/h2-3H,1H3,(H,5,6);1H/p-2/b3-2+;. The molecule has 7 heavy (non-hydrogen) atoms. The average Bonchev–Trinajstić information content (AvgIpc) is 1.35. The first-order valence-corrected chi connectivity index (χ1v) is 1.61. The van der Waals surface area contributed by atoms with Gasteiger partial charge >= 0.3 is 0 Å². The van der Waals surface area contributed by atoms with Gasteiger partial charge in [-0.2, -0.15) is 0 Å². The van der Waals surface area contributed by atoms with E-state index in [-0.39, 0.29) is 12.4 Å². The molecule has 0 aromatic heterocycles. The highest BCUT2D eigenvalue weighted by Crippen LogP contribution is 1.61. The van der Waals surface area contributed by atoms with Gasteiger partial charge in [0.1, 0.15) is 0 Å². The first kappa shape index (κ1) is 9.71. The van der Waals surface area contributed by atoms with Gasteiger partial charge in [0.25, 0.3) is 0 Å². The lowest BCUT2D eigenvalue weighted by Crippen LogP contribution is -3.00. The molecule has 0 aliphatic carbocycles. The van der Waals surface area contributed by atoms with Crippen LogP contribution in [0.4, 0.5) is 0 Å². The Morgan fingerprint density at radius 2 is 2.14 bits per heavy atom. The van der Waals surface area contributed by atoms with E-state index in [2.05, 4.69) is 0 Å². The van der Waals surface area contributed by atoms with Crippen molar-refractivity contribution in [3.63, 3.8) is 0 Å². The highest BCUT2D eigenvalue weighted by atomic mass is 35.5. The molecule has 0 bridgehead atoms. The second-order valence-corrected chi connectivity index (χ2v) is 0.819. The van der Waals surface area contributed by atoms with Crippen LogP contribution in [0.2, 0.25) is 0 Å². The van der Waals surface area contributed by atoms with E-state index in [0.717, 1.165) is 6.08 Å². The molecule has 0 aliphatic rings. The molecule has 0 aromatic carbocycles. The molecule has 0 aliphatic heterocycles. The summed E-state index contributed by atoms with van der Waals surface area (Å²) in [5, 5.41) is 9.40. The van der Waals surface area contributed by atoms with Gasteiger partial charge in [0.05, 0.1) is 5.97 Å². The molecule has 0 amide bonds. The van der Waals surface area contributed by atoms with Gasteiger partial charge in [-0.05, 0) is 13.0 Å². The number of aliphatic carboxylic acids is 1. The molecule has 0 fully saturated rings. The minimum atomic E-state index is -1.14. The summed E-state index contributed by atoms with van der Waals surface area (Å²) < 4.78 is 0. The fourth-order valence-electron chi connectivity index (χ4n) is 0.136. The zero-order valence-corrected chi connectivity index (χ0v) is 4.61. The van der Waals surface area contributed by atoms with Gasteiger partial charge in [-0.25, -0.2) is 0 Å². The number of carboxylic acid groups (broad SMARTS) is 1. The molecule has 2 nitrogen and oxygen atoms in total. The number of hydrogen-bond acceptors (Lipinski definition) is 2. The van der Waals surface area contributed by atoms with E-state index < -0.39 is 5.97 Å². The highest BCUT2D eigenvalue weighted by molar-refractivity contribution is 5.77. The summed E-state index contributed by atoms with van der Waals surface area (Å²) in [4.78, 5) is 9.40. The topological polar surface area (TPSA) is 40.1 Å². The molecule has 0 unspecified atom stereocenters. The first-order chi connectivity index (χ1) is 2.77. The molecule has 0 saturated carbocycles. The first-order valence-electron chi connectivity index (χ1n) is 1.61. The van der Waals surface area contributed by atoms with Crippen LogP contribution in [0, 0.1) is 0 Å². The zero-order chi connectivity index (χ0) is 4.99. The second kappa shape index (κ2) is 5.50. The van der Waals surface area contributed by atoms with Gasteiger partial charge in [0.15, 0.2) is 0 Å². The molecule has 0 rings (SSSR count). The van der Waals surface area contributed by atoms with Crippen LogP contribution < -0.4 is 17.5 Å². The van der Waals surface area contributed by atoms with Crippen molar-refractivity contribution in [1.29, 1.82) is 0 Å². The van der Waals surface area contributed by atoms with Crippen molar-refractivity contribution in [1.82, 2.24) is 0 Å². The Morgan fingerprint density at radius 3 is 2.14 bits per heavy atom. The molecule has 42 valence electrons. The monoisotopic (exact) mass is 120 g/mol. The van der Waals surface area contributed by atoms with Crippen LogP contribution in [0.5, 0.6) is 0 Å². The summed E-state index contributed by atoms with van der Waals surface area (Å²) in [6, 6.07) is 0. The third-order valence-electron chi connectivity index (χ3n) is 0.303. The number of halogens is 1. The molecule has 0 saturated heterocycles. The van der Waals surface area contributed by atoms with Gasteiger partial charge in [-0.3, -0.25) is 0 Å². The Morgan fingerprint density at radius 1 is 1.71 bits per heavy atom. The second-order valence-electron chi connectivity index (χ2n) is 0.819. The smallest absolute Gasteiger partial charge is 0.0639 e. The molecule has 0 atom stereocenters. The number of allylic oxidation sites excluding steroid dienone is 1. The maximum absolute atomic E-state index is 9.40. The van der Waals surface area contributed by atoms with Gasteiger partial charge in [0, 0.05) is 0 Å². The van der Waals surface area contributed by atoms with Gasteiger partial charge < -0.3 is 22.3 Å². The Hall–Kier alpha value is -0.500. The van der Waals surface area contributed by atoms with Crippen molar-refractivity contribution in [2.45, 2.75) is 6.92 Å². The van der Waals surface area contributed by atoms with Gasteiger partial charge in [-0.15, -0.1) is 0 Å². The van der Waals surface area contributed by atoms with Crippen molar-refractivity contribution in [3.05, 3.63) is 12.2 Å². The van der Waals surface area contributed by atoms with Crippen LogP contribution in [0.1, 0.15) is 6.92 Å². The maximum Gasteiger partial charge on any atom is 0.0639 e. The van der Waals surface area contributed by atoms with Crippen molar-refractivity contribution in [3.8, 4) is 0 Å². The normalized spacial score (nSPS) is 8.14. The molecule has 0 aromatic rings. The third-order valence-corrected chi connectivity index (χ3v) is 0.303. The molecule has 0 radical (unpaired) electrons. The third kappa shape index (κ3) is 10.8. The average molecular weight is 121 g/mol. The van der Waals surface area contributed by atoms with E-state index in [1.807, 2.05) is 0 Å². The quantitative estimate of drug-likeness (QED) is 0.335. The predicted octanol–water partition coefficient (Wildman–Crippen LogP) is -3.68. The van der Waals surface area contributed by atoms with Crippen LogP contribution in [0.3, 0.4) is 0 Å². The Balaban J connectivity index is 0. The zero-order valence-electron chi connectivity index (χ0n) is 3.85. The number of carbonyl (C=O) groups is 1. The van der Waals surface area contributed by atoms with Crippen molar-refractivity contribution < 1.29 is 22.3 Å².